The van der Waals surface area contributed by atoms with Gasteiger partial charge in [-0.05, 0) is 30.7 Å². The minimum absolute atomic E-state index is 0.254. The van der Waals surface area contributed by atoms with Gasteiger partial charge < -0.3 is 9.64 Å². The molecule has 142 valence electrons. The highest BCUT2D eigenvalue weighted by Crippen LogP contribution is 2.56. The molecule has 1 spiro atoms. The number of nitrogens with one attached hydrogen (secondary N) is 1. The third kappa shape index (κ3) is 1.98. The molecule has 2 aromatic carbocycles. The van der Waals surface area contributed by atoms with Gasteiger partial charge in [-0.15, -0.1) is 0 Å². The number of nitriles is 1. The van der Waals surface area contributed by atoms with Gasteiger partial charge in [-0.3, -0.25) is 10.2 Å². The summed E-state index contributed by atoms with van der Waals surface area (Å²) in [5.74, 6) is -1.28. The average Bonchev–Trinajstić information content (AvgIpc) is 3.18. The Balaban J connectivity index is 1.90. The van der Waals surface area contributed by atoms with Crippen LogP contribution in [-0.2, 0) is 10.2 Å². The largest absolute Gasteiger partial charge is 0.423 e. The molecule has 3 heterocycles. The van der Waals surface area contributed by atoms with Gasteiger partial charge >= 0.3 is 0 Å². The Bertz CT molecular complexity index is 1220. The zero-order valence-corrected chi connectivity index (χ0v) is 15.9. The zero-order chi connectivity index (χ0) is 20.3. The molecular formula is C22H17N5O2. The van der Waals surface area contributed by atoms with Gasteiger partial charge in [0.15, 0.2) is 0 Å². The van der Waals surface area contributed by atoms with E-state index in [-0.39, 0.29) is 11.8 Å². The van der Waals surface area contributed by atoms with E-state index in [0.29, 0.717) is 22.7 Å². The number of hydrogen-bond acceptors (Lipinski definition) is 5. The van der Waals surface area contributed by atoms with E-state index in [9.17, 15) is 10.1 Å². The number of para-hydroxylation sites is 2. The number of carbonyl (C=O) groups is 1. The Labute approximate surface area is 167 Å². The highest BCUT2D eigenvalue weighted by atomic mass is 16.5. The minimum Gasteiger partial charge on any atom is -0.423 e. The Morgan fingerprint density at radius 3 is 2.59 bits per heavy atom. The van der Waals surface area contributed by atoms with E-state index < -0.39 is 11.3 Å². The summed E-state index contributed by atoms with van der Waals surface area (Å²) in [7, 11) is 1.69. The third-order valence-corrected chi connectivity index (χ3v) is 5.78. The predicted molar refractivity (Wildman–Crippen MR) is 106 cm³/mol. The molecule has 0 fully saturated rings. The molecule has 3 aromatic rings. The minimum atomic E-state index is -1.36. The summed E-state index contributed by atoms with van der Waals surface area (Å²) in [6, 6.07) is 19.0. The smallest absolute Gasteiger partial charge is 0.244 e. The maximum absolute atomic E-state index is 13.7. The van der Waals surface area contributed by atoms with E-state index >= 15 is 0 Å². The molecule has 29 heavy (non-hydrogen) atoms. The number of aryl methyl sites for hydroxylation is 1. The Morgan fingerprint density at radius 2 is 1.86 bits per heavy atom. The first-order valence-corrected chi connectivity index (χ1v) is 9.21. The summed E-state index contributed by atoms with van der Waals surface area (Å²) in [5, 5.41) is 23.1. The second kappa shape index (κ2) is 5.79. The first kappa shape index (κ1) is 17.2. The average molecular weight is 383 g/mol. The molecule has 0 saturated heterocycles. The fourth-order valence-corrected chi connectivity index (χ4v) is 4.57. The number of nitrogens with zero attached hydrogens (tertiary/aromatic N) is 4. The van der Waals surface area contributed by atoms with Crippen molar-refractivity contribution in [3.63, 3.8) is 0 Å². The van der Waals surface area contributed by atoms with Crippen molar-refractivity contribution in [3.8, 4) is 17.6 Å². The Kier molecular flexibility index (Phi) is 3.43. The Morgan fingerprint density at radius 1 is 1.17 bits per heavy atom. The van der Waals surface area contributed by atoms with Gasteiger partial charge in [-0.1, -0.05) is 36.4 Å². The van der Waals surface area contributed by atoms with E-state index in [4.69, 9.17) is 10.1 Å². The van der Waals surface area contributed by atoms with Crippen LogP contribution in [0.25, 0.3) is 5.69 Å². The van der Waals surface area contributed by atoms with Gasteiger partial charge in [-0.25, -0.2) is 4.68 Å². The number of hydrogen-bond donors (Lipinski definition) is 1. The van der Waals surface area contributed by atoms with E-state index in [1.807, 2.05) is 54.6 Å². The maximum atomic E-state index is 13.7. The molecule has 1 amide bonds. The first-order valence-electron chi connectivity index (χ1n) is 9.21. The van der Waals surface area contributed by atoms with Gasteiger partial charge in [0.25, 0.3) is 0 Å². The number of rotatable bonds is 1. The molecule has 1 N–H and O–H groups in total. The highest BCUT2D eigenvalue weighted by molar-refractivity contribution is 6.14. The van der Waals surface area contributed by atoms with Crippen LogP contribution in [-0.4, -0.2) is 28.6 Å². The standard InChI is InChI=1S/C22H17N5O2/c1-13-18-20(27(25-13)14-8-4-3-5-9-14)29-19(24)16(12-23)22(18)15-10-6-7-11-17(15)26(2)21(22)28/h3-11,16,24H,1-2H3. The third-order valence-electron chi connectivity index (χ3n) is 5.78. The topological polar surface area (TPSA) is 95.0 Å². The van der Waals surface area contributed by atoms with Crippen molar-refractivity contribution >= 4 is 17.5 Å². The van der Waals surface area contributed by atoms with Crippen LogP contribution in [0.15, 0.2) is 54.6 Å². The number of benzene rings is 2. The molecule has 0 aliphatic carbocycles. The lowest BCUT2D eigenvalue weighted by Crippen LogP contribution is -2.52. The number of amides is 1. The second-order valence-electron chi connectivity index (χ2n) is 7.23. The van der Waals surface area contributed by atoms with Crippen molar-refractivity contribution in [1.82, 2.24) is 9.78 Å². The lowest BCUT2D eigenvalue weighted by Gasteiger charge is -2.36. The number of carbonyl (C=O) groups excluding carboxylic acids is 1. The summed E-state index contributed by atoms with van der Waals surface area (Å²) in [6.45, 7) is 1.81. The van der Waals surface area contributed by atoms with Gasteiger partial charge in [0.1, 0.15) is 11.3 Å². The van der Waals surface area contributed by atoms with Crippen molar-refractivity contribution in [2.24, 2.45) is 5.92 Å². The number of aromatic nitrogens is 2. The van der Waals surface area contributed by atoms with E-state index in [2.05, 4.69) is 11.2 Å². The van der Waals surface area contributed by atoms with Crippen LogP contribution in [0.4, 0.5) is 5.69 Å². The molecule has 5 rings (SSSR count). The molecule has 1 aromatic heterocycles. The first-order chi connectivity index (χ1) is 14.0. The molecule has 2 aliphatic heterocycles. The van der Waals surface area contributed by atoms with Crippen molar-refractivity contribution < 1.29 is 9.53 Å². The van der Waals surface area contributed by atoms with Gasteiger partial charge in [0.05, 0.1) is 23.0 Å². The normalized spacial score (nSPS) is 22.2. The molecule has 2 atom stereocenters. The predicted octanol–water partition coefficient (Wildman–Crippen LogP) is 2.95. The fraction of sp³-hybridized carbons (Fsp3) is 0.182. The number of ether oxygens (including phenoxy) is 1. The number of likely N-dealkylation sites (N-methyl/N-ethyl adjacent to an activating group) is 1. The SMILES string of the molecule is Cc1nn(-c2ccccc2)c2c1C1(C(=O)N(C)c3ccccc31)C(C#N)C(=N)O2. The molecule has 2 unspecified atom stereocenters. The molecule has 0 bridgehead atoms. The lowest BCUT2D eigenvalue weighted by atomic mass is 9.65. The Hall–Kier alpha value is -3.92. The zero-order valence-electron chi connectivity index (χ0n) is 15.9. The second-order valence-corrected chi connectivity index (χ2v) is 7.23. The van der Waals surface area contributed by atoms with E-state index in [1.165, 1.54) is 0 Å². The van der Waals surface area contributed by atoms with Crippen molar-refractivity contribution in [3.05, 3.63) is 71.4 Å². The highest BCUT2D eigenvalue weighted by Gasteiger charge is 2.63. The van der Waals surface area contributed by atoms with Crippen molar-refractivity contribution in [2.75, 3.05) is 11.9 Å². The van der Waals surface area contributed by atoms with Crippen molar-refractivity contribution in [2.45, 2.75) is 12.3 Å². The molecule has 2 aliphatic rings. The molecule has 7 heteroatoms. The summed E-state index contributed by atoms with van der Waals surface area (Å²) in [5.41, 5.74) is 1.96. The van der Waals surface area contributed by atoms with E-state index in [1.54, 1.807) is 23.6 Å². The van der Waals surface area contributed by atoms with Crippen LogP contribution < -0.4 is 9.64 Å². The number of anilines is 1. The van der Waals surface area contributed by atoms with E-state index in [0.717, 1.165) is 11.4 Å². The number of fused-ring (bicyclic) bond motifs is 4. The molecule has 0 radical (unpaired) electrons. The maximum Gasteiger partial charge on any atom is 0.244 e. The summed E-state index contributed by atoms with van der Waals surface area (Å²) < 4.78 is 7.42. The lowest BCUT2D eigenvalue weighted by molar-refractivity contribution is -0.122. The van der Waals surface area contributed by atoms with Gasteiger partial charge in [0.2, 0.25) is 17.7 Å². The summed E-state index contributed by atoms with van der Waals surface area (Å²) in [6.07, 6.45) is 0. The van der Waals surface area contributed by atoms with Gasteiger partial charge in [0, 0.05) is 12.7 Å². The van der Waals surface area contributed by atoms with Crippen LogP contribution >= 0.6 is 0 Å². The summed E-state index contributed by atoms with van der Waals surface area (Å²) >= 11 is 0. The van der Waals surface area contributed by atoms with Crippen molar-refractivity contribution in [1.29, 1.82) is 10.7 Å². The van der Waals surface area contributed by atoms with Crippen LogP contribution in [0.2, 0.25) is 0 Å². The monoisotopic (exact) mass is 383 g/mol. The van der Waals surface area contributed by atoms with Crippen LogP contribution in [0.1, 0.15) is 16.8 Å². The van der Waals surface area contributed by atoms with Crippen LogP contribution in [0.5, 0.6) is 5.88 Å². The quantitative estimate of drug-likeness (QED) is 0.699. The summed E-state index contributed by atoms with van der Waals surface area (Å²) in [4.78, 5) is 15.3. The molecule has 0 saturated carbocycles. The van der Waals surface area contributed by atoms with Crippen LogP contribution in [0, 0.1) is 29.6 Å². The molecular weight excluding hydrogens is 366 g/mol. The fourth-order valence-electron chi connectivity index (χ4n) is 4.57. The van der Waals surface area contributed by atoms with Crippen LogP contribution in [0.3, 0.4) is 0 Å². The van der Waals surface area contributed by atoms with Gasteiger partial charge in [-0.2, -0.15) is 10.4 Å². The molecule has 7 nitrogen and oxygen atoms in total.